The molecule has 1 unspecified atom stereocenters. The Balaban J connectivity index is 2.14. The molecule has 1 heterocycles. The van der Waals surface area contributed by atoms with E-state index in [0.29, 0.717) is 9.96 Å². The zero-order valence-electron chi connectivity index (χ0n) is 5.50. The molecule has 0 saturated heterocycles. The maximum atomic E-state index is 3.88. The van der Waals surface area contributed by atoms with Crippen molar-refractivity contribution in [2.75, 3.05) is 0 Å². The zero-order chi connectivity index (χ0) is 6.69. The molecule has 1 aliphatic heterocycles. The molecule has 0 aliphatic carbocycles. The van der Waals surface area contributed by atoms with E-state index in [-0.39, 0.29) is 0 Å². The average Bonchev–Trinajstić information content (AvgIpc) is 2.15. The van der Waals surface area contributed by atoms with Crippen LogP contribution in [0.1, 0.15) is 13.8 Å². The summed E-state index contributed by atoms with van der Waals surface area (Å²) in [5.74, 6) is 0. The van der Waals surface area contributed by atoms with Crippen LogP contribution in [-0.4, -0.2) is 15.5 Å². The van der Waals surface area contributed by atoms with Gasteiger partial charge in [0.25, 0.3) is 0 Å². The lowest BCUT2D eigenvalue weighted by Crippen LogP contribution is -2.13. The summed E-state index contributed by atoms with van der Waals surface area (Å²) in [4.78, 5) is 0. The van der Waals surface area contributed by atoms with Crippen molar-refractivity contribution in [3.05, 3.63) is 0 Å². The summed E-state index contributed by atoms with van der Waals surface area (Å²) in [6.07, 6.45) is 0. The molecular weight excluding hydrogens is 152 g/mol. The topological polar surface area (TPSA) is 24.4 Å². The van der Waals surface area contributed by atoms with Crippen LogP contribution in [-0.2, 0) is 0 Å². The van der Waals surface area contributed by atoms with Crippen LogP contribution in [0.3, 0.4) is 0 Å². The fourth-order valence-corrected chi connectivity index (χ4v) is 2.56. The van der Waals surface area contributed by atoms with Crippen LogP contribution in [0, 0.1) is 0 Å². The van der Waals surface area contributed by atoms with Gasteiger partial charge in [0.1, 0.15) is 4.71 Å². The van der Waals surface area contributed by atoms with E-state index in [2.05, 4.69) is 24.4 Å². The largest absolute Gasteiger partial charge is 0.286 e. The second-order valence-electron chi connectivity index (χ2n) is 2.02. The third kappa shape index (κ3) is 2.49. The predicted molar refractivity (Wildman–Crippen MR) is 45.7 cm³/mol. The molecule has 9 heavy (non-hydrogen) atoms. The molecule has 0 amide bonds. The monoisotopic (exact) mass is 162 g/mol. The summed E-state index contributed by atoms with van der Waals surface area (Å²) < 4.78 is 0.449. The minimum Gasteiger partial charge on any atom is -0.286 e. The first-order valence-corrected chi connectivity index (χ1v) is 4.75. The second-order valence-corrected chi connectivity index (χ2v) is 4.96. The van der Waals surface area contributed by atoms with Gasteiger partial charge in [-0.3, -0.25) is 5.43 Å². The first-order chi connectivity index (χ1) is 4.29. The van der Waals surface area contributed by atoms with Crippen molar-refractivity contribution >= 4 is 29.1 Å². The number of hydrogen-bond donors (Lipinski definition) is 1. The molecule has 0 fully saturated rings. The summed E-state index contributed by atoms with van der Waals surface area (Å²) in [6.45, 7) is 4.37. The molecule has 0 bridgehead atoms. The SMILES string of the molecule is CC(C)SC1NN=CS1. The standard InChI is InChI=1S/C5H10N2S2/c1-4(2)9-5-7-6-3-8-5/h3-5,7H,1-2H3. The van der Waals surface area contributed by atoms with Gasteiger partial charge in [-0.25, -0.2) is 0 Å². The summed E-state index contributed by atoms with van der Waals surface area (Å²) in [5, 5.41) is 4.56. The Morgan fingerprint density at radius 3 is 3.00 bits per heavy atom. The molecule has 1 aliphatic rings. The zero-order valence-corrected chi connectivity index (χ0v) is 7.13. The Morgan fingerprint density at radius 2 is 2.56 bits per heavy atom. The van der Waals surface area contributed by atoms with Gasteiger partial charge >= 0.3 is 0 Å². The summed E-state index contributed by atoms with van der Waals surface area (Å²) in [6, 6.07) is 0. The molecule has 0 aromatic heterocycles. The van der Waals surface area contributed by atoms with Gasteiger partial charge in [0.05, 0.1) is 5.55 Å². The number of thioether (sulfide) groups is 2. The number of hydrogen-bond acceptors (Lipinski definition) is 4. The molecule has 0 radical (unpaired) electrons. The Kier molecular flexibility index (Phi) is 2.72. The highest BCUT2D eigenvalue weighted by Crippen LogP contribution is 2.25. The highest BCUT2D eigenvalue weighted by atomic mass is 32.2. The molecule has 0 aromatic carbocycles. The van der Waals surface area contributed by atoms with Gasteiger partial charge in [-0.2, -0.15) is 5.10 Å². The van der Waals surface area contributed by atoms with Crippen LogP contribution >= 0.6 is 23.5 Å². The van der Waals surface area contributed by atoms with Crippen LogP contribution in [0.15, 0.2) is 5.10 Å². The van der Waals surface area contributed by atoms with Gasteiger partial charge in [-0.05, 0) is 0 Å². The van der Waals surface area contributed by atoms with Crippen LogP contribution in [0.4, 0.5) is 0 Å². The van der Waals surface area contributed by atoms with Gasteiger partial charge in [-0.1, -0.05) is 25.6 Å². The number of hydrazone groups is 1. The second kappa shape index (κ2) is 3.37. The Morgan fingerprint density at radius 1 is 1.78 bits per heavy atom. The third-order valence-corrected chi connectivity index (χ3v) is 2.96. The molecule has 0 aromatic rings. The minimum absolute atomic E-state index is 0.449. The van der Waals surface area contributed by atoms with Crippen molar-refractivity contribution in [1.82, 2.24) is 5.43 Å². The van der Waals surface area contributed by atoms with Crippen molar-refractivity contribution in [3.63, 3.8) is 0 Å². The summed E-state index contributed by atoms with van der Waals surface area (Å²) >= 11 is 3.62. The van der Waals surface area contributed by atoms with Gasteiger partial charge in [0, 0.05) is 5.25 Å². The maximum Gasteiger partial charge on any atom is 0.141 e. The molecule has 0 spiro atoms. The maximum absolute atomic E-state index is 3.88. The van der Waals surface area contributed by atoms with Crippen LogP contribution < -0.4 is 5.43 Å². The predicted octanol–water partition coefficient (Wildman–Crippen LogP) is 1.69. The lowest BCUT2D eigenvalue weighted by atomic mass is 10.6. The molecule has 4 heteroatoms. The molecule has 1 rings (SSSR count). The lowest BCUT2D eigenvalue weighted by molar-refractivity contribution is 0.854. The molecule has 52 valence electrons. The lowest BCUT2D eigenvalue weighted by Gasteiger charge is -2.09. The van der Waals surface area contributed by atoms with Gasteiger partial charge in [0.15, 0.2) is 0 Å². The highest BCUT2D eigenvalue weighted by molar-refractivity contribution is 8.24. The van der Waals surface area contributed by atoms with Gasteiger partial charge in [0.2, 0.25) is 0 Å². The fourth-order valence-electron chi connectivity index (χ4n) is 0.517. The Bertz CT molecular complexity index is 106. The third-order valence-electron chi connectivity index (χ3n) is 0.813. The first-order valence-electron chi connectivity index (χ1n) is 2.87. The number of rotatable bonds is 2. The summed E-state index contributed by atoms with van der Waals surface area (Å²) in [7, 11) is 0. The van der Waals surface area contributed by atoms with Crippen LogP contribution in [0.25, 0.3) is 0 Å². The van der Waals surface area contributed by atoms with Gasteiger partial charge in [-0.15, -0.1) is 11.8 Å². The van der Waals surface area contributed by atoms with E-state index in [4.69, 9.17) is 0 Å². The average molecular weight is 162 g/mol. The van der Waals surface area contributed by atoms with E-state index in [1.165, 1.54) is 0 Å². The van der Waals surface area contributed by atoms with Crippen molar-refractivity contribution in [1.29, 1.82) is 0 Å². The minimum atomic E-state index is 0.449. The van der Waals surface area contributed by atoms with E-state index >= 15 is 0 Å². The quantitative estimate of drug-likeness (QED) is 0.668. The Labute approximate surface area is 63.9 Å². The number of nitrogens with zero attached hydrogens (tertiary/aromatic N) is 1. The van der Waals surface area contributed by atoms with E-state index < -0.39 is 0 Å². The molecule has 0 saturated carbocycles. The normalized spacial score (nSPS) is 25.0. The molecule has 2 nitrogen and oxygen atoms in total. The summed E-state index contributed by atoms with van der Waals surface area (Å²) in [5.41, 5.74) is 4.83. The molecule has 1 atom stereocenters. The van der Waals surface area contributed by atoms with Crippen LogP contribution in [0.2, 0.25) is 0 Å². The van der Waals surface area contributed by atoms with Crippen molar-refractivity contribution in [2.24, 2.45) is 5.10 Å². The van der Waals surface area contributed by atoms with Crippen molar-refractivity contribution < 1.29 is 0 Å². The molecule has 1 N–H and O–H groups in total. The van der Waals surface area contributed by atoms with E-state index in [1.807, 2.05) is 17.3 Å². The number of nitrogens with one attached hydrogen (secondary N) is 1. The smallest absolute Gasteiger partial charge is 0.141 e. The molecular formula is C5H10N2S2. The first kappa shape index (κ1) is 7.28. The van der Waals surface area contributed by atoms with Crippen LogP contribution in [0.5, 0.6) is 0 Å². The van der Waals surface area contributed by atoms with E-state index in [9.17, 15) is 0 Å². The highest BCUT2D eigenvalue weighted by Gasteiger charge is 2.12. The van der Waals surface area contributed by atoms with Crippen molar-refractivity contribution in [2.45, 2.75) is 23.8 Å². The van der Waals surface area contributed by atoms with Gasteiger partial charge < -0.3 is 0 Å². The Hall–Kier alpha value is 0.170. The van der Waals surface area contributed by atoms with E-state index in [0.717, 1.165) is 0 Å². The fraction of sp³-hybridized carbons (Fsp3) is 0.800. The van der Waals surface area contributed by atoms with Crippen molar-refractivity contribution in [3.8, 4) is 0 Å². The van der Waals surface area contributed by atoms with E-state index in [1.54, 1.807) is 11.8 Å².